The first-order chi connectivity index (χ1) is 13.9. The lowest BCUT2D eigenvalue weighted by Crippen LogP contribution is -1.94. The molecule has 3 aromatic carbocycles. The van der Waals surface area contributed by atoms with Gasteiger partial charge in [0.15, 0.2) is 0 Å². The summed E-state index contributed by atoms with van der Waals surface area (Å²) in [5.74, 6) is 0.685. The molecule has 2 nitrogen and oxygen atoms in total. The van der Waals surface area contributed by atoms with Crippen molar-refractivity contribution in [3.05, 3.63) is 78.5 Å². The van der Waals surface area contributed by atoms with Gasteiger partial charge in [-0.1, -0.05) is 61.4 Å². The molecule has 0 amide bonds. The van der Waals surface area contributed by atoms with Gasteiger partial charge in [-0.15, -0.1) is 0 Å². The van der Waals surface area contributed by atoms with Gasteiger partial charge in [-0.25, -0.2) is 0 Å². The standard InChI is InChI=1S/C26H21NO/c1-2-8-17(7-1)19-13-14-23(27-16-19)22-15-18-9-3-4-10-20(18)25-21-11-5-6-12-24(21)28-26(22)25/h3-6,9-17H,1-2,7-8H2. The summed E-state index contributed by atoms with van der Waals surface area (Å²) in [5, 5.41) is 4.80. The summed E-state index contributed by atoms with van der Waals surface area (Å²) in [7, 11) is 0. The zero-order valence-electron chi connectivity index (χ0n) is 15.7. The van der Waals surface area contributed by atoms with Crippen LogP contribution in [0.2, 0.25) is 0 Å². The summed E-state index contributed by atoms with van der Waals surface area (Å²) < 4.78 is 6.34. The number of benzene rings is 3. The molecule has 1 aliphatic carbocycles. The Hall–Kier alpha value is -3.13. The van der Waals surface area contributed by atoms with Crippen LogP contribution in [0.25, 0.3) is 44.0 Å². The molecule has 5 aromatic rings. The highest BCUT2D eigenvalue weighted by atomic mass is 16.3. The second-order valence-electron chi connectivity index (χ2n) is 7.91. The van der Waals surface area contributed by atoms with Crippen LogP contribution in [0.3, 0.4) is 0 Å². The molecule has 136 valence electrons. The third-order valence-corrected chi connectivity index (χ3v) is 6.26. The van der Waals surface area contributed by atoms with E-state index < -0.39 is 0 Å². The molecule has 6 rings (SSSR count). The van der Waals surface area contributed by atoms with Crippen molar-refractivity contribution in [2.24, 2.45) is 0 Å². The number of fused-ring (bicyclic) bond motifs is 5. The van der Waals surface area contributed by atoms with E-state index in [9.17, 15) is 0 Å². The van der Waals surface area contributed by atoms with Crippen LogP contribution in [0, 0.1) is 0 Å². The Morgan fingerprint density at radius 2 is 1.61 bits per heavy atom. The normalized spacial score (nSPS) is 15.1. The van der Waals surface area contributed by atoms with Crippen LogP contribution in [0.4, 0.5) is 0 Å². The zero-order valence-corrected chi connectivity index (χ0v) is 15.7. The Labute approximate surface area is 163 Å². The number of pyridine rings is 1. The average Bonchev–Trinajstić information content (AvgIpc) is 3.42. The van der Waals surface area contributed by atoms with E-state index in [2.05, 4.69) is 60.8 Å². The van der Waals surface area contributed by atoms with Gasteiger partial charge in [0, 0.05) is 22.5 Å². The Balaban J connectivity index is 1.61. The minimum Gasteiger partial charge on any atom is -0.455 e. The maximum Gasteiger partial charge on any atom is 0.145 e. The number of nitrogens with zero attached hydrogens (tertiary/aromatic N) is 1. The van der Waals surface area contributed by atoms with Crippen molar-refractivity contribution in [3.8, 4) is 11.3 Å². The Kier molecular flexibility index (Phi) is 3.52. The number of hydrogen-bond donors (Lipinski definition) is 0. The van der Waals surface area contributed by atoms with Crippen molar-refractivity contribution in [3.63, 3.8) is 0 Å². The zero-order chi connectivity index (χ0) is 18.5. The number of para-hydroxylation sites is 1. The van der Waals surface area contributed by atoms with Crippen molar-refractivity contribution < 1.29 is 4.42 Å². The van der Waals surface area contributed by atoms with Gasteiger partial charge in [0.05, 0.1) is 5.69 Å². The number of aromatic nitrogens is 1. The first kappa shape index (κ1) is 15.9. The lowest BCUT2D eigenvalue weighted by atomic mass is 9.96. The first-order valence-corrected chi connectivity index (χ1v) is 10.2. The highest BCUT2D eigenvalue weighted by Crippen LogP contribution is 2.41. The molecule has 0 atom stereocenters. The minimum atomic E-state index is 0.685. The van der Waals surface area contributed by atoms with E-state index in [4.69, 9.17) is 9.40 Å². The molecule has 2 heteroatoms. The summed E-state index contributed by atoms with van der Waals surface area (Å²) in [6.45, 7) is 0. The molecule has 0 radical (unpaired) electrons. The van der Waals surface area contributed by atoms with E-state index in [0.29, 0.717) is 5.92 Å². The molecule has 2 heterocycles. The van der Waals surface area contributed by atoms with E-state index >= 15 is 0 Å². The smallest absolute Gasteiger partial charge is 0.145 e. The van der Waals surface area contributed by atoms with Gasteiger partial charge in [-0.2, -0.15) is 0 Å². The fourth-order valence-corrected chi connectivity index (χ4v) is 4.83. The van der Waals surface area contributed by atoms with E-state index in [1.165, 1.54) is 47.4 Å². The monoisotopic (exact) mass is 363 g/mol. The molecular weight excluding hydrogens is 342 g/mol. The predicted octanol–water partition coefficient (Wildman–Crippen LogP) is 7.46. The maximum atomic E-state index is 6.34. The molecule has 1 fully saturated rings. The van der Waals surface area contributed by atoms with Gasteiger partial charge in [0.2, 0.25) is 0 Å². The van der Waals surface area contributed by atoms with Crippen LogP contribution in [0.15, 0.2) is 77.3 Å². The second-order valence-corrected chi connectivity index (χ2v) is 7.91. The van der Waals surface area contributed by atoms with Gasteiger partial charge >= 0.3 is 0 Å². The largest absolute Gasteiger partial charge is 0.455 e. The van der Waals surface area contributed by atoms with E-state index in [-0.39, 0.29) is 0 Å². The fraction of sp³-hybridized carbons (Fsp3) is 0.192. The number of rotatable bonds is 2. The van der Waals surface area contributed by atoms with Gasteiger partial charge in [-0.3, -0.25) is 4.98 Å². The highest BCUT2D eigenvalue weighted by Gasteiger charge is 2.19. The SMILES string of the molecule is c1ccc2c(c1)cc(-c1ccc(C3CCCC3)cn1)c1oc3ccccc3c12. The Morgan fingerprint density at radius 3 is 2.43 bits per heavy atom. The lowest BCUT2D eigenvalue weighted by Gasteiger charge is -2.10. The Bertz CT molecular complexity index is 1310. The predicted molar refractivity (Wildman–Crippen MR) is 116 cm³/mol. The minimum absolute atomic E-state index is 0.685. The summed E-state index contributed by atoms with van der Waals surface area (Å²) >= 11 is 0. The van der Waals surface area contributed by atoms with Crippen LogP contribution in [-0.4, -0.2) is 4.98 Å². The molecule has 1 aliphatic rings. The topological polar surface area (TPSA) is 26.0 Å². The van der Waals surface area contributed by atoms with Crippen molar-refractivity contribution in [2.75, 3.05) is 0 Å². The maximum absolute atomic E-state index is 6.34. The van der Waals surface area contributed by atoms with E-state index in [1.54, 1.807) is 0 Å². The number of furan rings is 1. The molecule has 0 bridgehead atoms. The molecule has 0 N–H and O–H groups in total. The average molecular weight is 363 g/mol. The number of hydrogen-bond acceptors (Lipinski definition) is 2. The highest BCUT2D eigenvalue weighted by molar-refractivity contribution is 6.22. The second kappa shape index (κ2) is 6.20. The van der Waals surface area contributed by atoms with Gasteiger partial charge < -0.3 is 4.42 Å². The van der Waals surface area contributed by atoms with Crippen molar-refractivity contribution in [2.45, 2.75) is 31.6 Å². The van der Waals surface area contributed by atoms with Crippen LogP contribution in [0.1, 0.15) is 37.2 Å². The molecule has 0 aliphatic heterocycles. The van der Waals surface area contributed by atoms with Crippen molar-refractivity contribution in [1.29, 1.82) is 0 Å². The lowest BCUT2D eigenvalue weighted by molar-refractivity contribution is 0.670. The van der Waals surface area contributed by atoms with Gasteiger partial charge in [-0.05, 0) is 53.3 Å². The van der Waals surface area contributed by atoms with Crippen molar-refractivity contribution in [1.82, 2.24) is 4.98 Å². The van der Waals surface area contributed by atoms with E-state index in [0.717, 1.165) is 27.8 Å². The summed E-state index contributed by atoms with van der Waals surface area (Å²) in [4.78, 5) is 4.86. The molecule has 0 saturated heterocycles. The van der Waals surface area contributed by atoms with Gasteiger partial charge in [0.25, 0.3) is 0 Å². The van der Waals surface area contributed by atoms with Crippen LogP contribution in [0.5, 0.6) is 0 Å². The molecular formula is C26H21NO. The first-order valence-electron chi connectivity index (χ1n) is 10.2. The van der Waals surface area contributed by atoms with E-state index in [1.807, 2.05) is 12.1 Å². The molecule has 0 spiro atoms. The molecule has 28 heavy (non-hydrogen) atoms. The summed E-state index contributed by atoms with van der Waals surface area (Å²) in [6, 6.07) is 23.5. The van der Waals surface area contributed by atoms with Crippen molar-refractivity contribution >= 4 is 32.7 Å². The quantitative estimate of drug-likeness (QED) is 0.325. The summed E-state index contributed by atoms with van der Waals surface area (Å²) in [6.07, 6.45) is 7.36. The third-order valence-electron chi connectivity index (χ3n) is 6.26. The van der Waals surface area contributed by atoms with Gasteiger partial charge in [0.1, 0.15) is 11.2 Å². The van der Waals surface area contributed by atoms with Crippen LogP contribution < -0.4 is 0 Å². The fourth-order valence-electron chi connectivity index (χ4n) is 4.83. The molecule has 2 aromatic heterocycles. The van der Waals surface area contributed by atoms with Crippen LogP contribution >= 0.6 is 0 Å². The van der Waals surface area contributed by atoms with Crippen LogP contribution in [-0.2, 0) is 0 Å². The third kappa shape index (κ3) is 2.37. The molecule has 1 saturated carbocycles. The summed E-state index contributed by atoms with van der Waals surface area (Å²) in [5.41, 5.74) is 5.29. The molecule has 0 unspecified atom stereocenters. The Morgan fingerprint density at radius 1 is 0.821 bits per heavy atom.